The smallest absolute Gasteiger partial charge is 0.0701 e. The molecule has 0 aromatic carbocycles. The van der Waals surface area contributed by atoms with Crippen LogP contribution in [0.2, 0.25) is 0 Å². The van der Waals surface area contributed by atoms with Gasteiger partial charge < -0.3 is 5.11 Å². The van der Waals surface area contributed by atoms with Gasteiger partial charge in [-0.15, -0.1) is 0 Å². The molecule has 1 nitrogen and oxygen atoms in total. The van der Waals surface area contributed by atoms with E-state index >= 15 is 0 Å². The summed E-state index contributed by atoms with van der Waals surface area (Å²) >= 11 is 0. The Kier molecular flexibility index (Phi) is 4.43. The van der Waals surface area contributed by atoms with Crippen LogP contribution in [0.15, 0.2) is 0 Å². The summed E-state index contributed by atoms with van der Waals surface area (Å²) in [5, 5.41) is 10.7. The van der Waals surface area contributed by atoms with Gasteiger partial charge in [0.1, 0.15) is 0 Å². The highest BCUT2D eigenvalue weighted by molar-refractivity contribution is 4.92. The Bertz CT molecular complexity index is 167. The van der Waals surface area contributed by atoms with Gasteiger partial charge in [-0.25, -0.2) is 0 Å². The largest absolute Gasteiger partial charge is 0.389 e. The zero-order valence-corrected chi connectivity index (χ0v) is 10.1. The van der Waals surface area contributed by atoms with E-state index in [2.05, 4.69) is 20.8 Å². The van der Waals surface area contributed by atoms with E-state index in [4.69, 9.17) is 0 Å². The Hall–Kier alpha value is -0.0400. The molecule has 1 fully saturated rings. The predicted octanol–water partition coefficient (Wildman–Crippen LogP) is 3.75. The summed E-state index contributed by atoms with van der Waals surface area (Å²) in [5.74, 6) is 1.04. The molecule has 0 amide bonds. The van der Waals surface area contributed by atoms with Crippen molar-refractivity contribution in [1.82, 2.24) is 0 Å². The Balaban J connectivity index is 2.66. The maximum absolute atomic E-state index is 10.7. The molecule has 0 aliphatic heterocycles. The maximum Gasteiger partial charge on any atom is 0.0701 e. The molecule has 3 unspecified atom stereocenters. The quantitative estimate of drug-likeness (QED) is 0.729. The summed E-state index contributed by atoms with van der Waals surface area (Å²) in [6.45, 7) is 6.67. The molecule has 0 saturated heterocycles. The molecular formula is C13H26O. The summed E-state index contributed by atoms with van der Waals surface area (Å²) in [7, 11) is 0. The highest BCUT2D eigenvalue weighted by atomic mass is 16.3. The Morgan fingerprint density at radius 3 is 2.64 bits per heavy atom. The van der Waals surface area contributed by atoms with E-state index in [1.165, 1.54) is 32.1 Å². The minimum absolute atomic E-state index is 0.344. The van der Waals surface area contributed by atoms with Crippen LogP contribution in [-0.2, 0) is 0 Å². The van der Waals surface area contributed by atoms with Gasteiger partial charge >= 0.3 is 0 Å². The lowest BCUT2D eigenvalue weighted by atomic mass is 9.67. The van der Waals surface area contributed by atoms with E-state index in [1.807, 2.05) is 0 Å². The van der Waals surface area contributed by atoms with Crippen LogP contribution in [0.5, 0.6) is 0 Å². The lowest BCUT2D eigenvalue weighted by molar-refractivity contribution is -0.0932. The first-order chi connectivity index (χ1) is 6.65. The second kappa shape index (κ2) is 5.16. The summed E-state index contributed by atoms with van der Waals surface area (Å²) in [6.07, 6.45) is 8.33. The molecule has 0 bridgehead atoms. The molecule has 1 rings (SSSR count). The van der Waals surface area contributed by atoms with Crippen molar-refractivity contribution >= 4 is 0 Å². The summed E-state index contributed by atoms with van der Waals surface area (Å²) in [6, 6.07) is 0. The second-order valence-corrected chi connectivity index (χ2v) is 5.03. The van der Waals surface area contributed by atoms with Gasteiger partial charge in [0.25, 0.3) is 0 Å². The van der Waals surface area contributed by atoms with Crippen LogP contribution in [0.25, 0.3) is 0 Å². The third-order valence-corrected chi connectivity index (χ3v) is 4.15. The minimum Gasteiger partial charge on any atom is -0.389 e. The van der Waals surface area contributed by atoms with Gasteiger partial charge in [-0.05, 0) is 31.1 Å². The van der Waals surface area contributed by atoms with Crippen molar-refractivity contribution < 1.29 is 5.11 Å². The molecule has 1 saturated carbocycles. The normalized spacial score (nSPS) is 35.6. The Labute approximate surface area is 88.9 Å². The van der Waals surface area contributed by atoms with Crippen LogP contribution in [0.4, 0.5) is 0 Å². The molecule has 0 aromatic heterocycles. The van der Waals surface area contributed by atoms with Gasteiger partial charge in [-0.1, -0.05) is 46.5 Å². The number of rotatable bonds is 4. The molecule has 0 spiro atoms. The lowest BCUT2D eigenvalue weighted by Crippen LogP contribution is -2.46. The zero-order valence-electron chi connectivity index (χ0n) is 10.1. The van der Waals surface area contributed by atoms with E-state index in [0.29, 0.717) is 11.8 Å². The third kappa shape index (κ3) is 2.31. The first-order valence-electron chi connectivity index (χ1n) is 6.37. The highest BCUT2D eigenvalue weighted by Crippen LogP contribution is 2.42. The molecule has 1 aliphatic rings. The summed E-state index contributed by atoms with van der Waals surface area (Å²) in [4.78, 5) is 0. The van der Waals surface area contributed by atoms with Gasteiger partial charge in [-0.2, -0.15) is 0 Å². The highest BCUT2D eigenvalue weighted by Gasteiger charge is 2.41. The van der Waals surface area contributed by atoms with E-state index in [9.17, 15) is 5.11 Å². The van der Waals surface area contributed by atoms with Crippen LogP contribution in [0, 0.1) is 11.8 Å². The topological polar surface area (TPSA) is 20.2 Å². The van der Waals surface area contributed by atoms with Crippen molar-refractivity contribution in [3.63, 3.8) is 0 Å². The van der Waals surface area contributed by atoms with E-state index in [0.717, 1.165) is 12.8 Å². The number of hydrogen-bond donors (Lipinski definition) is 1. The summed E-state index contributed by atoms with van der Waals surface area (Å²) in [5.41, 5.74) is -0.344. The molecule has 84 valence electrons. The third-order valence-electron chi connectivity index (χ3n) is 4.15. The lowest BCUT2D eigenvalue weighted by Gasteiger charge is -2.44. The van der Waals surface area contributed by atoms with Crippen LogP contribution in [0.3, 0.4) is 0 Å². The molecule has 1 N–H and O–H groups in total. The predicted molar refractivity (Wildman–Crippen MR) is 61.3 cm³/mol. The van der Waals surface area contributed by atoms with Gasteiger partial charge in [0.15, 0.2) is 0 Å². The van der Waals surface area contributed by atoms with Gasteiger partial charge in [0.05, 0.1) is 5.60 Å². The molecule has 3 atom stereocenters. The number of aliphatic hydroxyl groups is 1. The van der Waals surface area contributed by atoms with Gasteiger partial charge in [-0.3, -0.25) is 0 Å². The van der Waals surface area contributed by atoms with E-state index in [1.54, 1.807) is 0 Å². The standard InChI is InChI=1S/C13H26O/c1-4-8-11(3)13(14)10-7-6-9-12(13)5-2/h11-12,14H,4-10H2,1-3H3. The average Bonchev–Trinajstić information content (AvgIpc) is 2.19. The molecule has 14 heavy (non-hydrogen) atoms. The van der Waals surface area contributed by atoms with Crippen molar-refractivity contribution in [3.05, 3.63) is 0 Å². The molecule has 0 aromatic rings. The van der Waals surface area contributed by atoms with Gasteiger partial charge in [0, 0.05) is 0 Å². The fourth-order valence-electron chi connectivity index (χ4n) is 3.14. The van der Waals surface area contributed by atoms with Crippen molar-refractivity contribution in [2.45, 2.75) is 71.3 Å². The zero-order chi connectivity index (χ0) is 10.6. The average molecular weight is 198 g/mol. The number of hydrogen-bond acceptors (Lipinski definition) is 1. The Morgan fingerprint density at radius 1 is 1.36 bits per heavy atom. The SMILES string of the molecule is CCCC(C)C1(O)CCCCC1CC. The van der Waals surface area contributed by atoms with Crippen molar-refractivity contribution in [2.24, 2.45) is 11.8 Å². The van der Waals surface area contributed by atoms with Crippen LogP contribution in [-0.4, -0.2) is 10.7 Å². The van der Waals surface area contributed by atoms with Gasteiger partial charge in [0.2, 0.25) is 0 Å². The molecule has 1 aliphatic carbocycles. The Morgan fingerprint density at radius 2 is 2.07 bits per heavy atom. The molecular weight excluding hydrogens is 172 g/mol. The second-order valence-electron chi connectivity index (χ2n) is 5.03. The monoisotopic (exact) mass is 198 g/mol. The van der Waals surface area contributed by atoms with E-state index in [-0.39, 0.29) is 5.60 Å². The minimum atomic E-state index is -0.344. The van der Waals surface area contributed by atoms with Crippen molar-refractivity contribution in [2.75, 3.05) is 0 Å². The maximum atomic E-state index is 10.7. The fourth-order valence-corrected chi connectivity index (χ4v) is 3.14. The van der Waals surface area contributed by atoms with E-state index < -0.39 is 0 Å². The molecule has 0 heterocycles. The summed E-state index contributed by atoms with van der Waals surface area (Å²) < 4.78 is 0. The van der Waals surface area contributed by atoms with Crippen molar-refractivity contribution in [3.8, 4) is 0 Å². The van der Waals surface area contributed by atoms with Crippen LogP contribution < -0.4 is 0 Å². The molecule has 0 radical (unpaired) electrons. The first-order valence-corrected chi connectivity index (χ1v) is 6.37. The molecule has 1 heteroatoms. The first kappa shape index (κ1) is 12.0. The van der Waals surface area contributed by atoms with Crippen LogP contribution in [0.1, 0.15) is 65.7 Å². The van der Waals surface area contributed by atoms with Crippen LogP contribution >= 0.6 is 0 Å². The van der Waals surface area contributed by atoms with Crippen molar-refractivity contribution in [1.29, 1.82) is 0 Å². The fraction of sp³-hybridized carbons (Fsp3) is 1.00.